The smallest absolute Gasteiger partial charge is 0.274 e. The molecule has 1 unspecified atom stereocenters. The minimum Gasteiger partial charge on any atom is -0.336 e. The van der Waals surface area contributed by atoms with Gasteiger partial charge in [0.25, 0.3) is 5.91 Å². The molecule has 152 valence electrons. The number of benzene rings is 1. The number of aromatic nitrogens is 2. The van der Waals surface area contributed by atoms with Gasteiger partial charge in [0, 0.05) is 37.9 Å². The predicted octanol–water partition coefficient (Wildman–Crippen LogP) is 4.04. The Morgan fingerprint density at radius 1 is 1.21 bits per heavy atom. The van der Waals surface area contributed by atoms with Crippen LogP contribution in [0.3, 0.4) is 0 Å². The topological polar surface area (TPSA) is 52.2 Å². The summed E-state index contributed by atoms with van der Waals surface area (Å²) in [6, 6.07) is 8.84. The average Bonchev–Trinajstić information content (AvgIpc) is 3.06. The van der Waals surface area contributed by atoms with Gasteiger partial charge >= 0.3 is 0 Å². The first kappa shape index (κ1) is 20.5. The third-order valence-corrected chi connectivity index (χ3v) is 5.54. The number of H-pyrrole nitrogens is 1. The summed E-state index contributed by atoms with van der Waals surface area (Å²) in [6.07, 6.45) is 0.914. The lowest BCUT2D eigenvalue weighted by atomic mass is 10.0. The van der Waals surface area contributed by atoms with Gasteiger partial charge in [-0.3, -0.25) is 14.8 Å². The van der Waals surface area contributed by atoms with Gasteiger partial charge in [0.05, 0.1) is 0 Å². The zero-order chi connectivity index (χ0) is 20.3. The van der Waals surface area contributed by atoms with Crippen molar-refractivity contribution < 1.29 is 9.18 Å². The van der Waals surface area contributed by atoms with E-state index in [4.69, 9.17) is 0 Å². The minimum absolute atomic E-state index is 0.00238. The molecule has 1 N–H and O–H groups in total. The number of aromatic amines is 1. The number of rotatable bonds is 5. The van der Waals surface area contributed by atoms with Crippen molar-refractivity contribution in [3.63, 3.8) is 0 Å². The Labute approximate surface area is 166 Å². The standard InChI is InChI=1S/C22H31FN4O/c1-15(2)19-12-20(25-24-19)22(28)27-11-5-10-26(21(14-27)16(3)4)13-17-6-8-18(23)9-7-17/h6-9,12,15-16,21H,5,10-11,13-14H2,1-4H3,(H,24,25). The Bertz CT molecular complexity index is 784. The maximum absolute atomic E-state index is 13.2. The fourth-order valence-corrected chi connectivity index (χ4v) is 3.80. The first-order valence-corrected chi connectivity index (χ1v) is 10.2. The molecule has 0 bridgehead atoms. The summed E-state index contributed by atoms with van der Waals surface area (Å²) in [4.78, 5) is 17.4. The van der Waals surface area contributed by atoms with Gasteiger partial charge in [0.1, 0.15) is 11.5 Å². The van der Waals surface area contributed by atoms with Gasteiger partial charge in [-0.15, -0.1) is 0 Å². The van der Waals surface area contributed by atoms with E-state index in [2.05, 4.69) is 42.8 Å². The summed E-state index contributed by atoms with van der Waals surface area (Å²) < 4.78 is 13.2. The number of nitrogens with one attached hydrogen (secondary N) is 1. The Kier molecular flexibility index (Phi) is 6.50. The molecular weight excluding hydrogens is 355 g/mol. The van der Waals surface area contributed by atoms with E-state index in [0.717, 1.165) is 37.3 Å². The van der Waals surface area contributed by atoms with E-state index in [0.29, 0.717) is 24.1 Å². The molecule has 0 radical (unpaired) electrons. The van der Waals surface area contributed by atoms with Gasteiger partial charge < -0.3 is 4.90 Å². The SMILES string of the molecule is CC(C)c1cc(C(=O)N2CCCN(Cc3ccc(F)cc3)C(C(C)C)C2)n[nH]1. The highest BCUT2D eigenvalue weighted by atomic mass is 19.1. The van der Waals surface area contributed by atoms with Gasteiger partial charge in [-0.05, 0) is 42.0 Å². The van der Waals surface area contributed by atoms with Gasteiger partial charge in [-0.25, -0.2) is 4.39 Å². The first-order valence-electron chi connectivity index (χ1n) is 10.2. The van der Waals surface area contributed by atoms with Crippen LogP contribution in [0.15, 0.2) is 30.3 Å². The molecule has 1 aliphatic rings. The number of nitrogens with zero attached hydrogens (tertiary/aromatic N) is 3. The highest BCUT2D eigenvalue weighted by molar-refractivity contribution is 5.92. The molecule has 1 aliphatic heterocycles. The number of hydrogen-bond donors (Lipinski definition) is 1. The number of hydrogen-bond acceptors (Lipinski definition) is 3. The molecule has 5 nitrogen and oxygen atoms in total. The zero-order valence-electron chi connectivity index (χ0n) is 17.3. The van der Waals surface area contributed by atoms with Crippen LogP contribution in [0.5, 0.6) is 0 Å². The maximum Gasteiger partial charge on any atom is 0.274 e. The fourth-order valence-electron chi connectivity index (χ4n) is 3.80. The second kappa shape index (κ2) is 8.86. The Hall–Kier alpha value is -2.21. The van der Waals surface area contributed by atoms with E-state index in [1.54, 1.807) is 0 Å². The first-order chi connectivity index (χ1) is 13.3. The van der Waals surface area contributed by atoms with E-state index in [-0.39, 0.29) is 17.8 Å². The van der Waals surface area contributed by atoms with Crippen LogP contribution in [0.1, 0.15) is 61.8 Å². The summed E-state index contributed by atoms with van der Waals surface area (Å²) in [7, 11) is 0. The quantitative estimate of drug-likeness (QED) is 0.844. The Morgan fingerprint density at radius 2 is 1.93 bits per heavy atom. The monoisotopic (exact) mass is 386 g/mol. The maximum atomic E-state index is 13.2. The van der Waals surface area contributed by atoms with Crippen LogP contribution >= 0.6 is 0 Å². The van der Waals surface area contributed by atoms with Crippen LogP contribution < -0.4 is 0 Å². The van der Waals surface area contributed by atoms with E-state index in [1.807, 2.05) is 23.1 Å². The lowest BCUT2D eigenvalue weighted by Crippen LogP contribution is -2.45. The second-order valence-corrected chi connectivity index (χ2v) is 8.38. The molecule has 1 aromatic heterocycles. The predicted molar refractivity (Wildman–Crippen MR) is 109 cm³/mol. The summed E-state index contributed by atoms with van der Waals surface area (Å²) in [5.74, 6) is 0.501. The summed E-state index contributed by atoms with van der Waals surface area (Å²) in [5, 5.41) is 7.22. The van der Waals surface area contributed by atoms with Gasteiger partial charge in [-0.1, -0.05) is 39.8 Å². The zero-order valence-corrected chi connectivity index (χ0v) is 17.3. The van der Waals surface area contributed by atoms with Gasteiger partial charge in [0.2, 0.25) is 0 Å². The van der Waals surface area contributed by atoms with Crippen LogP contribution in [-0.4, -0.2) is 51.6 Å². The molecule has 1 saturated heterocycles. The molecule has 1 atom stereocenters. The summed E-state index contributed by atoms with van der Waals surface area (Å²) in [5.41, 5.74) is 2.58. The fraction of sp³-hybridized carbons (Fsp3) is 0.545. The van der Waals surface area contributed by atoms with E-state index >= 15 is 0 Å². The van der Waals surface area contributed by atoms with Crippen LogP contribution in [0.25, 0.3) is 0 Å². The van der Waals surface area contributed by atoms with Crippen molar-refractivity contribution in [2.45, 2.75) is 52.6 Å². The molecule has 1 fully saturated rings. The molecule has 1 amide bonds. The molecule has 2 heterocycles. The lowest BCUT2D eigenvalue weighted by Gasteiger charge is -2.34. The normalized spacial score (nSPS) is 18.7. The summed E-state index contributed by atoms with van der Waals surface area (Å²) >= 11 is 0. The van der Waals surface area contributed by atoms with Crippen molar-refractivity contribution in [2.75, 3.05) is 19.6 Å². The molecule has 3 rings (SSSR count). The largest absolute Gasteiger partial charge is 0.336 e. The van der Waals surface area contributed by atoms with E-state index in [1.165, 1.54) is 12.1 Å². The number of amides is 1. The summed E-state index contributed by atoms with van der Waals surface area (Å²) in [6.45, 7) is 11.6. The Morgan fingerprint density at radius 3 is 2.54 bits per heavy atom. The number of carbonyl (C=O) groups is 1. The van der Waals surface area contributed by atoms with E-state index in [9.17, 15) is 9.18 Å². The van der Waals surface area contributed by atoms with Gasteiger partial charge in [0.15, 0.2) is 0 Å². The number of halogens is 1. The van der Waals surface area contributed by atoms with Gasteiger partial charge in [-0.2, -0.15) is 5.10 Å². The van der Waals surface area contributed by atoms with Crippen LogP contribution in [-0.2, 0) is 6.54 Å². The molecule has 6 heteroatoms. The molecule has 0 aliphatic carbocycles. The second-order valence-electron chi connectivity index (χ2n) is 8.38. The van der Waals surface area contributed by atoms with Crippen LogP contribution in [0.4, 0.5) is 4.39 Å². The molecular formula is C22H31FN4O. The van der Waals surface area contributed by atoms with Crippen molar-refractivity contribution in [3.8, 4) is 0 Å². The van der Waals surface area contributed by atoms with Crippen LogP contribution in [0, 0.1) is 11.7 Å². The minimum atomic E-state index is -0.212. The van der Waals surface area contributed by atoms with Crippen molar-refractivity contribution in [3.05, 3.63) is 53.1 Å². The number of carbonyl (C=O) groups excluding carboxylic acids is 1. The van der Waals surface area contributed by atoms with Crippen molar-refractivity contribution in [1.29, 1.82) is 0 Å². The highest BCUT2D eigenvalue weighted by Gasteiger charge is 2.30. The Balaban J connectivity index is 1.74. The lowest BCUT2D eigenvalue weighted by molar-refractivity contribution is 0.0696. The molecule has 2 aromatic rings. The third kappa shape index (κ3) is 4.79. The highest BCUT2D eigenvalue weighted by Crippen LogP contribution is 2.22. The van der Waals surface area contributed by atoms with Crippen molar-refractivity contribution >= 4 is 5.91 Å². The van der Waals surface area contributed by atoms with E-state index < -0.39 is 0 Å². The van der Waals surface area contributed by atoms with Crippen molar-refractivity contribution in [1.82, 2.24) is 20.0 Å². The third-order valence-electron chi connectivity index (χ3n) is 5.54. The van der Waals surface area contributed by atoms with Crippen LogP contribution in [0.2, 0.25) is 0 Å². The molecule has 1 aromatic carbocycles. The molecule has 0 spiro atoms. The average molecular weight is 387 g/mol. The molecule has 0 saturated carbocycles. The molecule has 28 heavy (non-hydrogen) atoms. The van der Waals surface area contributed by atoms with Crippen molar-refractivity contribution in [2.24, 2.45) is 5.92 Å².